The first-order valence-corrected chi connectivity index (χ1v) is 5.86. The molecule has 0 saturated heterocycles. The minimum Gasteiger partial charge on any atom is -0.507 e. The summed E-state index contributed by atoms with van der Waals surface area (Å²) in [7, 11) is 0. The maximum atomic E-state index is 11.2. The van der Waals surface area contributed by atoms with Crippen LogP contribution in [-0.2, 0) is 0 Å². The quantitative estimate of drug-likeness (QED) is 0.689. The molecule has 17 heavy (non-hydrogen) atoms. The van der Waals surface area contributed by atoms with Crippen LogP contribution in [0, 0.1) is 0 Å². The van der Waals surface area contributed by atoms with Crippen molar-refractivity contribution in [2.75, 3.05) is 0 Å². The maximum Gasteiger partial charge on any atom is 0.340 e. The average Bonchev–Trinajstić information content (AvgIpc) is 2.66. The summed E-state index contributed by atoms with van der Waals surface area (Å²) in [5, 5.41) is 20.7. The van der Waals surface area contributed by atoms with E-state index in [4.69, 9.17) is 5.11 Å². The second-order valence-electron chi connectivity index (χ2n) is 3.74. The molecule has 2 aromatic carbocycles. The number of carboxylic acids is 1. The fourth-order valence-electron chi connectivity index (χ4n) is 1.99. The van der Waals surface area contributed by atoms with E-state index in [0.717, 1.165) is 15.5 Å². The van der Waals surface area contributed by atoms with Gasteiger partial charge in [0, 0.05) is 15.5 Å². The topological polar surface area (TPSA) is 57.5 Å². The van der Waals surface area contributed by atoms with Crippen LogP contribution in [0.4, 0.5) is 0 Å². The molecule has 3 nitrogen and oxygen atoms in total. The third-order valence-corrected chi connectivity index (χ3v) is 3.94. The van der Waals surface area contributed by atoms with Crippen LogP contribution >= 0.6 is 11.3 Å². The second-order valence-corrected chi connectivity index (χ2v) is 4.79. The average molecular weight is 244 g/mol. The van der Waals surface area contributed by atoms with Gasteiger partial charge in [-0.2, -0.15) is 0 Å². The fraction of sp³-hybridized carbons (Fsp3) is 0. The standard InChI is InChI=1S/C13H8O3S/c14-9-6-5-8-7-3-1-2-4-10(7)17-12(8)11(9)13(15)16/h1-6,14H,(H,15,16). The largest absolute Gasteiger partial charge is 0.507 e. The Balaban J connectivity index is 2.56. The number of fused-ring (bicyclic) bond motifs is 3. The predicted molar refractivity (Wildman–Crippen MR) is 68.0 cm³/mol. The first kappa shape index (κ1) is 10.1. The van der Waals surface area contributed by atoms with Gasteiger partial charge in [-0.3, -0.25) is 0 Å². The molecule has 84 valence electrons. The second kappa shape index (κ2) is 3.46. The fourth-order valence-corrected chi connectivity index (χ4v) is 3.22. The van der Waals surface area contributed by atoms with Gasteiger partial charge in [0.15, 0.2) is 0 Å². The number of carboxylic acid groups (broad SMARTS) is 1. The number of carbonyl (C=O) groups is 1. The predicted octanol–water partition coefficient (Wildman–Crippen LogP) is 3.46. The lowest BCUT2D eigenvalue weighted by atomic mass is 10.1. The van der Waals surface area contributed by atoms with Gasteiger partial charge in [-0.1, -0.05) is 18.2 Å². The van der Waals surface area contributed by atoms with Crippen molar-refractivity contribution >= 4 is 37.5 Å². The summed E-state index contributed by atoms with van der Waals surface area (Å²) < 4.78 is 1.65. The van der Waals surface area contributed by atoms with Crippen molar-refractivity contribution in [3.8, 4) is 5.75 Å². The number of aromatic carboxylic acids is 1. The number of benzene rings is 2. The van der Waals surface area contributed by atoms with Crippen molar-refractivity contribution in [2.24, 2.45) is 0 Å². The van der Waals surface area contributed by atoms with Gasteiger partial charge in [0.1, 0.15) is 11.3 Å². The SMILES string of the molecule is O=C(O)c1c(O)ccc2c1sc1ccccc12. The van der Waals surface area contributed by atoms with Crippen LogP contribution in [0.5, 0.6) is 5.75 Å². The van der Waals surface area contributed by atoms with Gasteiger partial charge in [0.25, 0.3) is 0 Å². The Morgan fingerprint density at radius 3 is 2.59 bits per heavy atom. The van der Waals surface area contributed by atoms with E-state index in [1.165, 1.54) is 17.4 Å². The molecule has 0 aliphatic carbocycles. The van der Waals surface area contributed by atoms with Crippen LogP contribution in [0.25, 0.3) is 20.2 Å². The number of rotatable bonds is 1. The van der Waals surface area contributed by atoms with Crippen LogP contribution in [-0.4, -0.2) is 16.2 Å². The summed E-state index contributed by atoms with van der Waals surface area (Å²) in [6.07, 6.45) is 0. The highest BCUT2D eigenvalue weighted by molar-refractivity contribution is 7.26. The van der Waals surface area contributed by atoms with Crippen LogP contribution in [0.3, 0.4) is 0 Å². The van der Waals surface area contributed by atoms with Crippen molar-refractivity contribution in [1.82, 2.24) is 0 Å². The molecule has 3 rings (SSSR count). The van der Waals surface area contributed by atoms with Crippen molar-refractivity contribution in [3.63, 3.8) is 0 Å². The summed E-state index contributed by atoms with van der Waals surface area (Å²) in [4.78, 5) is 11.2. The molecule has 1 heterocycles. The van der Waals surface area contributed by atoms with Crippen molar-refractivity contribution in [3.05, 3.63) is 42.0 Å². The molecule has 0 amide bonds. The minimum atomic E-state index is -1.10. The molecule has 2 N–H and O–H groups in total. The molecular weight excluding hydrogens is 236 g/mol. The third-order valence-electron chi connectivity index (χ3n) is 2.74. The molecule has 0 atom stereocenters. The van der Waals surface area contributed by atoms with E-state index < -0.39 is 5.97 Å². The van der Waals surface area contributed by atoms with E-state index in [2.05, 4.69) is 0 Å². The highest BCUT2D eigenvalue weighted by Gasteiger charge is 2.17. The van der Waals surface area contributed by atoms with Gasteiger partial charge in [-0.05, 0) is 18.2 Å². The summed E-state index contributed by atoms with van der Waals surface area (Å²) in [5.41, 5.74) is -0.0105. The lowest BCUT2D eigenvalue weighted by molar-refractivity contribution is 0.0696. The molecule has 0 saturated carbocycles. The molecule has 0 aliphatic heterocycles. The molecule has 4 heteroatoms. The van der Waals surface area contributed by atoms with Crippen LogP contribution < -0.4 is 0 Å². The molecular formula is C13H8O3S. The van der Waals surface area contributed by atoms with Crippen LogP contribution in [0.15, 0.2) is 36.4 Å². The maximum absolute atomic E-state index is 11.2. The van der Waals surface area contributed by atoms with Gasteiger partial charge in [0.05, 0.1) is 4.70 Å². The Hall–Kier alpha value is -2.07. The van der Waals surface area contributed by atoms with E-state index in [-0.39, 0.29) is 11.3 Å². The summed E-state index contributed by atoms with van der Waals surface area (Å²) in [6.45, 7) is 0. The Morgan fingerprint density at radius 1 is 1.06 bits per heavy atom. The Labute approximate surface area is 101 Å². The molecule has 0 fully saturated rings. The lowest BCUT2D eigenvalue weighted by Gasteiger charge is -2.00. The monoisotopic (exact) mass is 244 g/mol. The van der Waals surface area contributed by atoms with Gasteiger partial charge in [-0.15, -0.1) is 11.3 Å². The number of aromatic hydroxyl groups is 1. The number of hydrogen-bond acceptors (Lipinski definition) is 3. The Bertz CT molecular complexity index is 743. The highest BCUT2D eigenvalue weighted by Crippen LogP contribution is 2.38. The zero-order valence-corrected chi connectivity index (χ0v) is 9.49. The zero-order valence-electron chi connectivity index (χ0n) is 8.68. The van der Waals surface area contributed by atoms with Crippen molar-refractivity contribution in [2.45, 2.75) is 0 Å². The van der Waals surface area contributed by atoms with Gasteiger partial charge in [-0.25, -0.2) is 4.79 Å². The number of phenols is 1. The first-order chi connectivity index (χ1) is 8.18. The minimum absolute atomic E-state index is 0.0105. The molecule has 3 aromatic rings. The molecule has 0 radical (unpaired) electrons. The Morgan fingerprint density at radius 2 is 1.82 bits per heavy atom. The molecule has 1 aromatic heterocycles. The molecule has 0 aliphatic rings. The molecule has 0 unspecified atom stereocenters. The molecule has 0 bridgehead atoms. The number of hydrogen-bond donors (Lipinski definition) is 2. The highest BCUT2D eigenvalue weighted by atomic mass is 32.1. The van der Waals surface area contributed by atoms with Crippen molar-refractivity contribution < 1.29 is 15.0 Å². The smallest absolute Gasteiger partial charge is 0.340 e. The Kier molecular flexibility index (Phi) is 2.06. The van der Waals surface area contributed by atoms with Gasteiger partial charge >= 0.3 is 5.97 Å². The van der Waals surface area contributed by atoms with E-state index in [9.17, 15) is 9.90 Å². The van der Waals surface area contributed by atoms with E-state index in [0.29, 0.717) is 4.70 Å². The van der Waals surface area contributed by atoms with Gasteiger partial charge in [0.2, 0.25) is 0 Å². The lowest BCUT2D eigenvalue weighted by Crippen LogP contribution is -1.96. The van der Waals surface area contributed by atoms with E-state index in [1.54, 1.807) is 6.07 Å². The summed E-state index contributed by atoms with van der Waals surface area (Å²) in [6, 6.07) is 10.9. The summed E-state index contributed by atoms with van der Waals surface area (Å²) in [5.74, 6) is -1.28. The zero-order chi connectivity index (χ0) is 12.0. The summed E-state index contributed by atoms with van der Waals surface area (Å²) >= 11 is 1.39. The first-order valence-electron chi connectivity index (χ1n) is 5.05. The van der Waals surface area contributed by atoms with E-state index in [1.807, 2.05) is 24.3 Å². The van der Waals surface area contributed by atoms with E-state index >= 15 is 0 Å². The van der Waals surface area contributed by atoms with Gasteiger partial charge < -0.3 is 10.2 Å². The molecule has 0 spiro atoms. The third kappa shape index (κ3) is 1.38. The van der Waals surface area contributed by atoms with Crippen molar-refractivity contribution in [1.29, 1.82) is 0 Å². The number of thiophene rings is 1. The normalized spacial score (nSPS) is 11.1. The van der Waals surface area contributed by atoms with Crippen LogP contribution in [0.1, 0.15) is 10.4 Å². The van der Waals surface area contributed by atoms with Crippen LogP contribution in [0.2, 0.25) is 0 Å².